The van der Waals surface area contributed by atoms with Gasteiger partial charge in [-0.15, -0.1) is 0 Å². The quantitative estimate of drug-likeness (QED) is 0.00553. The minimum absolute atomic E-state index is 0. The molecular weight excluding hydrogens is 2000 g/mol. The van der Waals surface area contributed by atoms with Gasteiger partial charge in [0.1, 0.15) is 12.2 Å². The Kier molecular flexibility index (Phi) is 92.7. The summed E-state index contributed by atoms with van der Waals surface area (Å²) in [6.07, 6.45) is 93.0. The van der Waals surface area contributed by atoms with Gasteiger partial charge in [0.2, 0.25) is 5.24 Å². The van der Waals surface area contributed by atoms with E-state index in [0.29, 0.717) is 68.6 Å². The number of carbonyl (C=O) groups is 4. The summed E-state index contributed by atoms with van der Waals surface area (Å²) in [6, 6.07) is 0. The van der Waals surface area contributed by atoms with Crippen molar-refractivity contribution in [2.24, 2.45) is 103 Å². The van der Waals surface area contributed by atoms with Gasteiger partial charge in [-0.1, -0.05) is 365 Å². The number of carbonyl (C=O) groups excluding carboxylic acids is 4. The summed E-state index contributed by atoms with van der Waals surface area (Å²) in [5, 5.41) is 25.8. The number of fused-ring (bicyclic) bond motifs is 10. The number of hydrogen-bond acceptors (Lipinski definition) is 12. The summed E-state index contributed by atoms with van der Waals surface area (Å²) in [6.45, 7) is 32.2. The fourth-order valence-corrected chi connectivity index (χ4v) is 26.4. The van der Waals surface area contributed by atoms with Crippen molar-refractivity contribution < 1.29 is 107 Å². The van der Waals surface area contributed by atoms with Crippen molar-refractivity contribution in [3.05, 3.63) is 100 Å². The van der Waals surface area contributed by atoms with Crippen molar-refractivity contribution in [1.29, 1.82) is 0 Å². The molecule has 0 aromatic carbocycles. The van der Waals surface area contributed by atoms with Crippen LogP contribution in [0.3, 0.4) is 0 Å². The van der Waals surface area contributed by atoms with Gasteiger partial charge >= 0.3 is 76.7 Å². The molecule has 8 aliphatic rings. The Hall–Kier alpha value is -2.46. The number of rotatable bonds is 66. The van der Waals surface area contributed by atoms with Crippen LogP contribution in [0.5, 0.6) is 0 Å². The maximum absolute atomic E-state index is 12.4. The van der Waals surface area contributed by atoms with E-state index >= 15 is 0 Å². The fraction of sp³-hybridized carbons (Fsp3) is 0.897. The summed E-state index contributed by atoms with van der Waals surface area (Å²) in [5.74, 6) is 10.2. The first-order chi connectivity index (χ1) is 68.6. The van der Waals surface area contributed by atoms with Crippen molar-refractivity contribution in [1.82, 2.24) is 0 Å². The summed E-state index contributed by atoms with van der Waals surface area (Å²) < 4.78 is 21.8. The molecule has 16 atom stereocenters. The van der Waals surface area contributed by atoms with Crippen LogP contribution in [-0.4, -0.2) is 95.4 Å². The van der Waals surface area contributed by atoms with Gasteiger partial charge in [0.25, 0.3) is 0 Å². The van der Waals surface area contributed by atoms with Crippen LogP contribution in [-0.2, 0) is 28.5 Å². The van der Waals surface area contributed by atoms with E-state index in [1.54, 1.807) is 11.1 Å². The second-order valence-electron chi connectivity index (χ2n) is 44.7. The number of aliphatic hydroxyl groups excluding tert-OH is 2. The number of azide groups is 2. The molecule has 0 bridgehead atoms. The van der Waals surface area contributed by atoms with Crippen molar-refractivity contribution in [3.63, 3.8) is 0 Å². The second-order valence-corrected chi connectivity index (χ2v) is 47.0. The van der Waals surface area contributed by atoms with Crippen LogP contribution < -0.4 is 59.1 Å². The average molecular weight is 2210 g/mol. The number of allylic oxidation sites excluding steroid dienone is 6. The smallest absolute Gasteiger partial charge is 0.466 e. The molecule has 0 aromatic rings. The molecule has 6 saturated carbocycles. The first-order valence-electron chi connectivity index (χ1n) is 57.6. The number of halogens is 4. The van der Waals surface area contributed by atoms with E-state index in [4.69, 9.17) is 85.5 Å². The Morgan fingerprint density at radius 2 is 0.757 bits per heavy atom. The molecule has 28 heteroatoms. The molecular formula is C116H206Br2Cl2N12Na2O10. The van der Waals surface area contributed by atoms with Gasteiger partial charge < -0.3 is 51.3 Å². The van der Waals surface area contributed by atoms with Crippen molar-refractivity contribution >= 4 is 77.9 Å². The van der Waals surface area contributed by atoms with Gasteiger partial charge in [-0.25, -0.2) is 9.59 Å². The maximum Gasteiger partial charge on any atom is 1.00 e. The summed E-state index contributed by atoms with van der Waals surface area (Å²) in [4.78, 5) is 54.3. The van der Waals surface area contributed by atoms with Gasteiger partial charge in [0.05, 0.1) is 13.2 Å². The van der Waals surface area contributed by atoms with Crippen molar-refractivity contribution in [2.75, 3.05) is 50.2 Å². The van der Waals surface area contributed by atoms with Crippen molar-refractivity contribution in [2.45, 2.75) is 519 Å². The molecule has 6 fully saturated rings. The normalized spacial score (nSPS) is 24.1. The zero-order valence-electron chi connectivity index (χ0n) is 93.9. The number of alkyl halides is 2. The van der Waals surface area contributed by atoms with Gasteiger partial charge in [-0.2, -0.15) is 0 Å². The van der Waals surface area contributed by atoms with Crippen LogP contribution in [0.25, 0.3) is 52.8 Å². The number of nitrogens with zero attached hydrogens (tertiary/aromatic N) is 12. The monoisotopic (exact) mass is 2200 g/mol. The van der Waals surface area contributed by atoms with E-state index in [1.165, 1.54) is 292 Å². The van der Waals surface area contributed by atoms with E-state index < -0.39 is 11.6 Å². The van der Waals surface area contributed by atoms with Crippen LogP contribution in [0.15, 0.2) is 57.8 Å². The SMILES string of the molecule is CC(C)CCC[C@@H](C)[C@H]1CCC2C3CC=C4C[C@@H](OC(=O)Cl)CC[C@]4(C)C3CC[C@@]21C.CC(C)CCC[C@@H](C)[C@H]1CCC2C3CC=C4C[C@@H](OC(=O)OCCCCCCN=[N+]=[N-])CC[C@]4(C)C3CC[C@@]21C.CCCCCCCC/C=C\CCCCCCCC(=O)Cl.CCCCCCCC/C=C\CCCCCCCC(=O)OCCCCCCN=[N+]=[N-].OCCCCCCBr.OCCCCCCBr.[N-]=[N+]=[N-].[N-]=[N+]=[N-].[Na+].[Na+]. The predicted molar refractivity (Wildman–Crippen MR) is 603 cm³/mol. The Bertz CT molecular complexity index is 3500. The topological polar surface area (TPSA) is 361 Å². The van der Waals surface area contributed by atoms with E-state index in [1.807, 2.05) is 0 Å². The van der Waals surface area contributed by atoms with E-state index in [0.717, 1.165) is 210 Å². The molecule has 0 aromatic heterocycles. The minimum atomic E-state index is -0.643. The van der Waals surface area contributed by atoms with Crippen LogP contribution >= 0.6 is 55.1 Å². The van der Waals surface area contributed by atoms with Crippen molar-refractivity contribution in [3.8, 4) is 0 Å². The Labute approximate surface area is 949 Å². The number of unbranched alkanes of at least 4 members (excludes halogenated alkanes) is 34. The van der Waals surface area contributed by atoms with Gasteiger partial charge in [-0.05, 0) is 321 Å². The third-order valence-electron chi connectivity index (χ3n) is 33.3. The van der Waals surface area contributed by atoms with Gasteiger partial charge in [0.15, 0.2) is 0 Å². The largest absolute Gasteiger partial charge is 1.00 e. The molecule has 0 radical (unpaired) electrons. The fourth-order valence-electron chi connectivity index (χ4n) is 25.4. The van der Waals surface area contributed by atoms with E-state index in [2.05, 4.69) is 171 Å². The first-order valence-corrected chi connectivity index (χ1v) is 60.6. The third kappa shape index (κ3) is 63.4. The number of aliphatic hydroxyl groups is 2. The zero-order chi connectivity index (χ0) is 105. The molecule has 0 saturated heterocycles. The minimum Gasteiger partial charge on any atom is -0.466 e. The van der Waals surface area contributed by atoms with E-state index in [9.17, 15) is 19.2 Å². The summed E-state index contributed by atoms with van der Waals surface area (Å²) >= 11 is 17.5. The number of ether oxygens (including phenoxy) is 4. The first kappa shape index (κ1) is 144. The van der Waals surface area contributed by atoms with Crippen LogP contribution in [0.2, 0.25) is 0 Å². The zero-order valence-corrected chi connectivity index (χ0v) is 103. The second kappa shape index (κ2) is 93.0. The standard InChI is InChI=1S/C34H57N3O3.C28H45ClO2.C24H45N3O2.C18H33ClO.2C6H13BrO.2N3.2Na/c1-24(2)11-10-12-25(3)29-15-16-30-28-14-13-26-23-27(17-19-33(26,4)31(28)18-20-34(29,30)5)40-32(38)39-22-9-7-6-8-21-36-37-35;1-18(2)7-6-8-19(3)23-11-12-24-22-10-9-20-17-21(31-26(29)30)13-15-27(20,4)25(22)14-16-28(23,24)5;1-2-3-4-5-6-7-8-9-10-11-12-13-14-15-18-21-24(28)29-23-20-17-16-19-22-26-27-25;1-2-3-4-5-6-7-8-9-10-11-12-13-14-15-16-17-18(19)20;2*7-5-3-1-2-4-6-8;2*1-3-2;;/h13,24-25,27-31H,6-12,14-23H2,1-5H3;9,18-19,21-25H,6-8,10-17H2,1-5H3;9-10H,2-8,11-23H2,1H3;9-10H,2-8,11-17H2,1H3;2*8H,1-6H2;;;;/q;;;;;;2*-1;2*+1/b;;2*10-9-;;;;;;/t25-,27+,28?,29-,30?,31?,33+,34-;19-,21+,22?,23-,24?,25?,27+,28-;;;;;;;;/m11......../s1. The Morgan fingerprint density at radius 1 is 0.417 bits per heavy atom. The number of hydrogen-bond donors (Lipinski definition) is 2. The molecule has 6 unspecified atom stereocenters. The molecule has 0 heterocycles. The Balaban J connectivity index is 0. The van der Waals surface area contributed by atoms with Crippen LogP contribution in [0.4, 0.5) is 9.59 Å². The van der Waals surface area contributed by atoms with Gasteiger partial charge in [-0.3, -0.25) is 19.4 Å². The van der Waals surface area contributed by atoms with Crippen LogP contribution in [0.1, 0.15) is 507 Å². The van der Waals surface area contributed by atoms with Gasteiger partial charge in [0, 0.05) is 84.1 Å². The average Bonchev–Trinajstić information content (AvgIpc) is 1.46. The summed E-state index contributed by atoms with van der Waals surface area (Å²) in [7, 11) is 0. The summed E-state index contributed by atoms with van der Waals surface area (Å²) in [5.41, 5.74) is 47.6. The molecule has 0 amide bonds. The van der Waals surface area contributed by atoms with E-state index in [-0.39, 0.29) is 87.9 Å². The molecule has 2 N–H and O–H groups in total. The third-order valence-corrected chi connectivity index (χ3v) is 34.7. The van der Waals surface area contributed by atoms with Crippen LogP contribution in [0, 0.1) is 92.7 Å². The molecule has 144 heavy (non-hydrogen) atoms. The maximum atomic E-state index is 12.4. The molecule has 820 valence electrons. The molecule has 22 nitrogen and oxygen atoms in total. The predicted octanol–water partition coefficient (Wildman–Crippen LogP) is 34.0. The molecule has 8 aliphatic carbocycles. The number of esters is 1. The molecule has 0 spiro atoms. The molecule has 8 rings (SSSR count). The Morgan fingerprint density at radius 3 is 1.12 bits per heavy atom. The molecule has 0 aliphatic heterocycles.